The van der Waals surface area contributed by atoms with E-state index in [1.54, 1.807) is 0 Å². The minimum atomic E-state index is -0.0729. The maximum absolute atomic E-state index is 5.97. The Morgan fingerprint density at radius 2 is 2.06 bits per heavy atom. The number of thioether (sulfide) groups is 1. The van der Waals surface area contributed by atoms with Crippen molar-refractivity contribution in [3.05, 3.63) is 35.2 Å². The van der Waals surface area contributed by atoms with Crippen LogP contribution in [0.5, 0.6) is 0 Å². The van der Waals surface area contributed by atoms with Crippen molar-refractivity contribution in [2.45, 2.75) is 25.1 Å². The molecule has 1 aromatic heterocycles. The van der Waals surface area contributed by atoms with Crippen LogP contribution in [0.1, 0.15) is 19.4 Å². The fourth-order valence-corrected chi connectivity index (χ4v) is 3.72. The van der Waals surface area contributed by atoms with Crippen LogP contribution in [0.2, 0.25) is 0 Å². The van der Waals surface area contributed by atoms with Gasteiger partial charge in [0.25, 0.3) is 0 Å². The van der Waals surface area contributed by atoms with Gasteiger partial charge in [-0.2, -0.15) is 11.8 Å². The van der Waals surface area contributed by atoms with Crippen molar-refractivity contribution >= 4 is 33.2 Å². The molecule has 86 valence electrons. The van der Waals surface area contributed by atoms with Crippen LogP contribution in [0.25, 0.3) is 10.1 Å². The highest BCUT2D eigenvalue weighted by atomic mass is 32.2. The maximum Gasteiger partial charge on any atom is 0.0345 e. The summed E-state index contributed by atoms with van der Waals surface area (Å²) in [6.45, 7) is 4.15. The Morgan fingerprint density at radius 3 is 2.81 bits per heavy atom. The molecule has 2 aromatic rings. The van der Waals surface area contributed by atoms with Crippen LogP contribution in [0.15, 0.2) is 29.6 Å². The largest absolute Gasteiger partial charge is 0.325 e. The molecule has 0 aliphatic rings. The highest BCUT2D eigenvalue weighted by Gasteiger charge is 2.11. The summed E-state index contributed by atoms with van der Waals surface area (Å²) in [4.78, 5) is 0. The van der Waals surface area contributed by atoms with Crippen LogP contribution in [0.4, 0.5) is 0 Å². The fourth-order valence-electron chi connectivity index (χ4n) is 1.57. The summed E-state index contributed by atoms with van der Waals surface area (Å²) in [5.74, 6) is 2.06. The summed E-state index contributed by atoms with van der Waals surface area (Å²) in [6, 6.07) is 8.59. The molecular formula is C13H17NS2. The van der Waals surface area contributed by atoms with Crippen molar-refractivity contribution in [1.29, 1.82) is 0 Å². The van der Waals surface area contributed by atoms with E-state index in [1.807, 2.05) is 23.1 Å². The average molecular weight is 251 g/mol. The van der Waals surface area contributed by atoms with Gasteiger partial charge < -0.3 is 5.73 Å². The summed E-state index contributed by atoms with van der Waals surface area (Å²) in [5.41, 5.74) is 7.34. The van der Waals surface area contributed by atoms with Crippen molar-refractivity contribution in [2.24, 2.45) is 5.73 Å². The van der Waals surface area contributed by atoms with Crippen molar-refractivity contribution in [1.82, 2.24) is 0 Å². The second-order valence-corrected chi connectivity index (χ2v) is 6.64. The zero-order valence-electron chi connectivity index (χ0n) is 9.69. The van der Waals surface area contributed by atoms with Gasteiger partial charge in [0.1, 0.15) is 0 Å². The summed E-state index contributed by atoms with van der Waals surface area (Å²) in [6.07, 6.45) is 0. The smallest absolute Gasteiger partial charge is 0.0345 e. The molecule has 0 saturated heterocycles. The predicted octanol–water partition coefficient (Wildman–Crippen LogP) is 3.87. The molecule has 0 unspecified atom stereocenters. The molecule has 0 atom stereocenters. The molecule has 0 bridgehead atoms. The first-order valence-corrected chi connectivity index (χ1v) is 7.41. The Labute approximate surface area is 105 Å². The van der Waals surface area contributed by atoms with Gasteiger partial charge in [0.05, 0.1) is 0 Å². The van der Waals surface area contributed by atoms with Gasteiger partial charge >= 0.3 is 0 Å². The Hall–Kier alpha value is -0.510. The van der Waals surface area contributed by atoms with E-state index in [0.29, 0.717) is 0 Å². The normalized spacial score (nSPS) is 12.2. The number of fused-ring (bicyclic) bond motifs is 1. The molecule has 0 amide bonds. The van der Waals surface area contributed by atoms with Gasteiger partial charge in [-0.1, -0.05) is 18.2 Å². The van der Waals surface area contributed by atoms with E-state index >= 15 is 0 Å². The number of nitrogens with two attached hydrogens (primary N) is 1. The Morgan fingerprint density at radius 1 is 1.31 bits per heavy atom. The van der Waals surface area contributed by atoms with E-state index in [1.165, 1.54) is 15.6 Å². The van der Waals surface area contributed by atoms with Crippen LogP contribution in [-0.2, 0) is 5.75 Å². The first-order valence-electron chi connectivity index (χ1n) is 5.38. The molecule has 1 heterocycles. The zero-order chi connectivity index (χ0) is 11.6. The highest BCUT2D eigenvalue weighted by molar-refractivity contribution is 7.98. The lowest BCUT2D eigenvalue weighted by molar-refractivity contribution is 0.591. The van der Waals surface area contributed by atoms with Crippen molar-refractivity contribution in [3.63, 3.8) is 0 Å². The monoisotopic (exact) mass is 251 g/mol. The van der Waals surface area contributed by atoms with Crippen LogP contribution < -0.4 is 5.73 Å². The molecule has 2 N–H and O–H groups in total. The molecule has 0 saturated carbocycles. The zero-order valence-corrected chi connectivity index (χ0v) is 11.3. The van der Waals surface area contributed by atoms with Crippen LogP contribution in [-0.4, -0.2) is 11.3 Å². The lowest BCUT2D eigenvalue weighted by atomic mass is 10.1. The topological polar surface area (TPSA) is 26.0 Å². The van der Waals surface area contributed by atoms with E-state index in [4.69, 9.17) is 5.73 Å². The number of thiophene rings is 1. The summed E-state index contributed by atoms with van der Waals surface area (Å²) in [5, 5.41) is 3.66. The van der Waals surface area contributed by atoms with E-state index in [-0.39, 0.29) is 5.54 Å². The van der Waals surface area contributed by atoms with Crippen LogP contribution in [0, 0.1) is 0 Å². The van der Waals surface area contributed by atoms with E-state index < -0.39 is 0 Å². The highest BCUT2D eigenvalue weighted by Crippen LogP contribution is 2.29. The minimum absolute atomic E-state index is 0.0729. The van der Waals surface area contributed by atoms with Gasteiger partial charge in [0.15, 0.2) is 0 Å². The predicted molar refractivity (Wildman–Crippen MR) is 76.3 cm³/mol. The maximum atomic E-state index is 5.97. The second-order valence-electron chi connectivity index (χ2n) is 4.74. The van der Waals surface area contributed by atoms with Crippen molar-refractivity contribution in [3.8, 4) is 0 Å². The number of hydrogen-bond acceptors (Lipinski definition) is 3. The quantitative estimate of drug-likeness (QED) is 0.892. The average Bonchev–Trinajstić information content (AvgIpc) is 2.60. The lowest BCUT2D eigenvalue weighted by Gasteiger charge is -2.17. The first kappa shape index (κ1) is 12.0. The first-order chi connectivity index (χ1) is 7.56. The van der Waals surface area contributed by atoms with Gasteiger partial charge in [-0.05, 0) is 36.2 Å². The molecular weight excluding hydrogens is 234 g/mol. The van der Waals surface area contributed by atoms with Crippen LogP contribution >= 0.6 is 23.1 Å². The Kier molecular flexibility index (Phi) is 3.57. The van der Waals surface area contributed by atoms with Gasteiger partial charge in [-0.15, -0.1) is 11.3 Å². The molecule has 3 heteroatoms. The van der Waals surface area contributed by atoms with Gasteiger partial charge in [0, 0.05) is 21.7 Å². The number of hydrogen-bond donors (Lipinski definition) is 1. The molecule has 0 radical (unpaired) electrons. The van der Waals surface area contributed by atoms with Crippen LogP contribution in [0.3, 0.4) is 0 Å². The molecule has 0 aliphatic heterocycles. The summed E-state index contributed by atoms with van der Waals surface area (Å²) < 4.78 is 1.38. The molecule has 2 rings (SSSR count). The van der Waals surface area contributed by atoms with Crippen molar-refractivity contribution in [2.75, 3.05) is 5.75 Å². The number of benzene rings is 1. The fraction of sp³-hybridized carbons (Fsp3) is 0.385. The van der Waals surface area contributed by atoms with E-state index in [2.05, 4.69) is 43.5 Å². The third-order valence-corrected chi connectivity index (χ3v) is 4.77. The number of rotatable bonds is 4. The third kappa shape index (κ3) is 3.00. The summed E-state index contributed by atoms with van der Waals surface area (Å²) >= 11 is 3.74. The molecule has 1 aromatic carbocycles. The standard InChI is InChI=1S/C13H17NS2/c1-13(2,14)9-15-7-10-8-16-12-6-4-3-5-11(10)12/h3-6,8H,7,9,14H2,1-2H3. The van der Waals surface area contributed by atoms with Gasteiger partial charge in [-0.25, -0.2) is 0 Å². The molecule has 1 nitrogen and oxygen atoms in total. The molecule has 0 fully saturated rings. The Balaban J connectivity index is 2.05. The second kappa shape index (κ2) is 4.78. The van der Waals surface area contributed by atoms with Gasteiger partial charge in [0.2, 0.25) is 0 Å². The Bertz CT molecular complexity index is 468. The SMILES string of the molecule is CC(C)(N)CSCc1csc2ccccc12. The summed E-state index contributed by atoms with van der Waals surface area (Å²) in [7, 11) is 0. The molecule has 0 aliphatic carbocycles. The lowest BCUT2D eigenvalue weighted by Crippen LogP contribution is -2.34. The third-order valence-electron chi connectivity index (χ3n) is 2.29. The molecule has 0 spiro atoms. The van der Waals surface area contributed by atoms with E-state index in [9.17, 15) is 0 Å². The van der Waals surface area contributed by atoms with Gasteiger partial charge in [-0.3, -0.25) is 0 Å². The minimum Gasteiger partial charge on any atom is -0.325 e. The molecule has 16 heavy (non-hydrogen) atoms. The van der Waals surface area contributed by atoms with Crippen molar-refractivity contribution < 1.29 is 0 Å². The van der Waals surface area contributed by atoms with E-state index in [0.717, 1.165) is 11.5 Å².